The van der Waals surface area contributed by atoms with Gasteiger partial charge in [-0.1, -0.05) is 12.1 Å². The highest BCUT2D eigenvalue weighted by Crippen LogP contribution is 2.32. The molecule has 106 valence electrons. The molecular formula is C15H11FN2O3. The zero-order valence-corrected chi connectivity index (χ0v) is 11.1. The molecule has 0 aliphatic carbocycles. The van der Waals surface area contributed by atoms with E-state index in [4.69, 9.17) is 4.74 Å². The van der Waals surface area contributed by atoms with Crippen molar-refractivity contribution in [2.45, 2.75) is 0 Å². The standard InChI is InChI=1S/C15H11FN2O3/c1-21-11-7-3-2-5-9(11)12-13(15(19)20)18-8-4-6-10(16)14(18)17-12/h2-8H,1H3,(H,19,20). The topological polar surface area (TPSA) is 63.8 Å². The number of halogens is 1. The molecule has 3 rings (SSSR count). The lowest BCUT2D eigenvalue weighted by Crippen LogP contribution is -2.04. The number of carboxylic acids is 1. The van der Waals surface area contributed by atoms with Gasteiger partial charge in [0, 0.05) is 11.8 Å². The van der Waals surface area contributed by atoms with Crippen molar-refractivity contribution in [3.8, 4) is 17.0 Å². The van der Waals surface area contributed by atoms with Gasteiger partial charge in [-0.3, -0.25) is 4.40 Å². The lowest BCUT2D eigenvalue weighted by atomic mass is 10.1. The Bertz CT molecular complexity index is 842. The molecule has 0 saturated carbocycles. The second-order valence-electron chi connectivity index (χ2n) is 4.36. The van der Waals surface area contributed by atoms with Gasteiger partial charge in [0.2, 0.25) is 0 Å². The van der Waals surface area contributed by atoms with Crippen molar-refractivity contribution in [3.05, 3.63) is 54.1 Å². The highest BCUT2D eigenvalue weighted by molar-refractivity contribution is 5.95. The molecule has 0 unspecified atom stereocenters. The molecule has 2 heterocycles. The summed E-state index contributed by atoms with van der Waals surface area (Å²) in [6, 6.07) is 9.55. The van der Waals surface area contributed by atoms with E-state index < -0.39 is 11.8 Å². The molecule has 3 aromatic rings. The molecule has 0 radical (unpaired) electrons. The Balaban J connectivity index is 2.39. The molecule has 0 spiro atoms. The molecule has 21 heavy (non-hydrogen) atoms. The number of para-hydroxylation sites is 1. The number of methoxy groups -OCH3 is 1. The number of ether oxygens (including phenoxy) is 1. The third-order valence-corrected chi connectivity index (χ3v) is 3.17. The molecule has 0 aliphatic rings. The number of aromatic nitrogens is 2. The maximum absolute atomic E-state index is 13.8. The van der Waals surface area contributed by atoms with Crippen LogP contribution in [0.5, 0.6) is 5.75 Å². The van der Waals surface area contributed by atoms with E-state index in [0.717, 1.165) is 0 Å². The first-order valence-electron chi connectivity index (χ1n) is 6.16. The van der Waals surface area contributed by atoms with E-state index in [9.17, 15) is 14.3 Å². The smallest absolute Gasteiger partial charge is 0.355 e. The quantitative estimate of drug-likeness (QED) is 0.804. The van der Waals surface area contributed by atoms with Crippen LogP contribution in [-0.4, -0.2) is 27.6 Å². The number of fused-ring (bicyclic) bond motifs is 1. The number of hydrogen-bond donors (Lipinski definition) is 1. The molecule has 0 atom stereocenters. The minimum absolute atomic E-state index is 0.0317. The van der Waals surface area contributed by atoms with Crippen LogP contribution in [0.25, 0.3) is 16.9 Å². The van der Waals surface area contributed by atoms with E-state index in [-0.39, 0.29) is 17.0 Å². The van der Waals surface area contributed by atoms with Crippen molar-refractivity contribution in [2.75, 3.05) is 7.11 Å². The van der Waals surface area contributed by atoms with Crippen LogP contribution in [0.3, 0.4) is 0 Å². The van der Waals surface area contributed by atoms with E-state index >= 15 is 0 Å². The summed E-state index contributed by atoms with van der Waals surface area (Å²) in [4.78, 5) is 15.7. The predicted octanol–water partition coefficient (Wildman–Crippen LogP) is 2.85. The molecule has 0 saturated heterocycles. The number of nitrogens with zero attached hydrogens (tertiary/aromatic N) is 2. The van der Waals surface area contributed by atoms with Crippen LogP contribution in [0.1, 0.15) is 10.5 Å². The Morgan fingerprint density at radius 1 is 1.29 bits per heavy atom. The minimum Gasteiger partial charge on any atom is -0.496 e. The molecule has 6 heteroatoms. The van der Waals surface area contributed by atoms with Crippen LogP contribution in [-0.2, 0) is 0 Å². The summed E-state index contributed by atoms with van der Waals surface area (Å²) < 4.78 is 20.3. The Hall–Kier alpha value is -2.89. The number of benzene rings is 1. The van der Waals surface area contributed by atoms with Gasteiger partial charge in [-0.05, 0) is 24.3 Å². The fourth-order valence-corrected chi connectivity index (χ4v) is 2.27. The molecule has 0 bridgehead atoms. The maximum Gasteiger partial charge on any atom is 0.355 e. The SMILES string of the molecule is COc1ccccc1-c1nc2c(F)cccn2c1C(=O)O. The zero-order valence-electron chi connectivity index (χ0n) is 11.1. The first-order valence-corrected chi connectivity index (χ1v) is 6.16. The summed E-state index contributed by atoms with van der Waals surface area (Å²) in [5, 5.41) is 9.44. The van der Waals surface area contributed by atoms with Gasteiger partial charge in [0.25, 0.3) is 0 Å². The molecular weight excluding hydrogens is 275 g/mol. The van der Waals surface area contributed by atoms with E-state index in [0.29, 0.717) is 11.3 Å². The monoisotopic (exact) mass is 286 g/mol. The van der Waals surface area contributed by atoms with Gasteiger partial charge in [0.15, 0.2) is 17.2 Å². The van der Waals surface area contributed by atoms with E-state index in [1.54, 1.807) is 24.3 Å². The molecule has 0 aliphatic heterocycles. The second-order valence-corrected chi connectivity index (χ2v) is 4.36. The number of hydrogen-bond acceptors (Lipinski definition) is 3. The number of aromatic carboxylic acids is 1. The Morgan fingerprint density at radius 3 is 2.76 bits per heavy atom. The van der Waals surface area contributed by atoms with E-state index in [1.165, 1.54) is 29.8 Å². The molecule has 5 nitrogen and oxygen atoms in total. The average Bonchev–Trinajstić information content (AvgIpc) is 2.88. The number of carboxylic acid groups (broad SMARTS) is 1. The lowest BCUT2D eigenvalue weighted by Gasteiger charge is -2.06. The minimum atomic E-state index is -1.19. The maximum atomic E-state index is 13.8. The summed E-state index contributed by atoms with van der Waals surface area (Å²) in [6.07, 6.45) is 1.47. The molecule has 1 aromatic carbocycles. The van der Waals surface area contributed by atoms with Crippen LogP contribution >= 0.6 is 0 Å². The van der Waals surface area contributed by atoms with Crippen LogP contribution < -0.4 is 4.74 Å². The highest BCUT2D eigenvalue weighted by atomic mass is 19.1. The number of carbonyl (C=O) groups is 1. The van der Waals surface area contributed by atoms with Gasteiger partial charge in [0.05, 0.1) is 7.11 Å². The Morgan fingerprint density at radius 2 is 2.05 bits per heavy atom. The second kappa shape index (κ2) is 4.90. The fraction of sp³-hybridized carbons (Fsp3) is 0.0667. The first-order chi connectivity index (χ1) is 10.1. The average molecular weight is 286 g/mol. The third-order valence-electron chi connectivity index (χ3n) is 3.17. The van der Waals surface area contributed by atoms with Crippen LogP contribution in [0.4, 0.5) is 4.39 Å². The van der Waals surface area contributed by atoms with E-state index in [1.807, 2.05) is 0 Å². The van der Waals surface area contributed by atoms with Crippen molar-refractivity contribution in [1.82, 2.24) is 9.38 Å². The zero-order chi connectivity index (χ0) is 15.0. The van der Waals surface area contributed by atoms with Crippen molar-refractivity contribution in [2.24, 2.45) is 0 Å². The highest BCUT2D eigenvalue weighted by Gasteiger charge is 2.23. The normalized spacial score (nSPS) is 10.8. The Kier molecular flexibility index (Phi) is 3.06. The molecule has 2 aromatic heterocycles. The summed E-state index contributed by atoms with van der Waals surface area (Å²) in [7, 11) is 1.48. The molecule has 1 N–H and O–H groups in total. The molecule has 0 amide bonds. The van der Waals surface area contributed by atoms with Gasteiger partial charge in [-0.25, -0.2) is 14.2 Å². The number of pyridine rings is 1. The molecule has 0 fully saturated rings. The van der Waals surface area contributed by atoms with Crippen molar-refractivity contribution in [1.29, 1.82) is 0 Å². The van der Waals surface area contributed by atoms with Gasteiger partial charge < -0.3 is 9.84 Å². The summed E-state index contributed by atoms with van der Waals surface area (Å²) in [6.45, 7) is 0. The number of imidazole rings is 1. The summed E-state index contributed by atoms with van der Waals surface area (Å²) in [5.41, 5.74) is 0.537. The van der Waals surface area contributed by atoms with Crippen LogP contribution in [0.2, 0.25) is 0 Å². The largest absolute Gasteiger partial charge is 0.496 e. The summed E-state index contributed by atoms with van der Waals surface area (Å²) in [5.74, 6) is -1.29. The number of rotatable bonds is 3. The van der Waals surface area contributed by atoms with Crippen molar-refractivity contribution in [3.63, 3.8) is 0 Å². The van der Waals surface area contributed by atoms with Gasteiger partial charge >= 0.3 is 5.97 Å². The van der Waals surface area contributed by atoms with E-state index in [2.05, 4.69) is 4.98 Å². The van der Waals surface area contributed by atoms with Crippen molar-refractivity contribution < 1.29 is 19.0 Å². The van der Waals surface area contributed by atoms with Gasteiger partial charge in [0.1, 0.15) is 11.4 Å². The first kappa shape index (κ1) is 13.1. The van der Waals surface area contributed by atoms with Crippen LogP contribution in [0, 0.1) is 5.82 Å². The summed E-state index contributed by atoms with van der Waals surface area (Å²) >= 11 is 0. The van der Waals surface area contributed by atoms with Crippen molar-refractivity contribution >= 4 is 11.6 Å². The van der Waals surface area contributed by atoms with Gasteiger partial charge in [-0.15, -0.1) is 0 Å². The Labute approximate surface area is 119 Å². The lowest BCUT2D eigenvalue weighted by molar-refractivity contribution is 0.0690. The van der Waals surface area contributed by atoms with Crippen LogP contribution in [0.15, 0.2) is 42.6 Å². The fourth-order valence-electron chi connectivity index (χ4n) is 2.27. The predicted molar refractivity (Wildman–Crippen MR) is 74.1 cm³/mol. The third kappa shape index (κ3) is 2.01. The van der Waals surface area contributed by atoms with Gasteiger partial charge in [-0.2, -0.15) is 0 Å².